The first-order chi connectivity index (χ1) is 13.5. The molecule has 1 atom stereocenters. The number of hydrogen-bond acceptors (Lipinski definition) is 3. The Bertz CT molecular complexity index is 978. The maximum absolute atomic E-state index is 12.6. The van der Waals surface area contributed by atoms with E-state index < -0.39 is 0 Å². The molecular weight excluding hydrogens is 438 g/mol. The maximum atomic E-state index is 12.6. The van der Waals surface area contributed by atoms with Crippen LogP contribution in [0.2, 0.25) is 5.15 Å². The van der Waals surface area contributed by atoms with E-state index >= 15 is 0 Å². The van der Waals surface area contributed by atoms with Gasteiger partial charge in [0.2, 0.25) is 5.91 Å². The molecule has 1 aromatic heterocycles. The lowest BCUT2D eigenvalue weighted by molar-refractivity contribution is -0.119. The van der Waals surface area contributed by atoms with Crippen molar-refractivity contribution < 1.29 is 4.79 Å². The number of carbonyl (C=O) groups excluding carboxylic acids is 1. The van der Waals surface area contributed by atoms with Crippen LogP contribution in [0.15, 0.2) is 53.0 Å². The number of anilines is 2. The zero-order chi connectivity index (χ0) is 20.1. The number of carbonyl (C=O) groups is 1. The zero-order valence-electron chi connectivity index (χ0n) is 15.9. The predicted octanol–water partition coefficient (Wildman–Crippen LogP) is 6.64. The van der Waals surface area contributed by atoms with Crippen molar-refractivity contribution in [3.63, 3.8) is 0 Å². The molecule has 3 rings (SSSR count). The van der Waals surface area contributed by atoms with Crippen LogP contribution in [0.25, 0.3) is 10.9 Å². The largest absolute Gasteiger partial charge is 0.379 e. The second-order valence-corrected chi connectivity index (χ2v) is 8.11. The summed E-state index contributed by atoms with van der Waals surface area (Å²) in [5.74, 6) is -0.145. The lowest BCUT2D eigenvalue weighted by atomic mass is 10.1. The molecule has 0 aliphatic carbocycles. The fraction of sp³-hybridized carbons (Fsp3) is 0.273. The Morgan fingerprint density at radius 2 is 1.93 bits per heavy atom. The minimum Gasteiger partial charge on any atom is -0.379 e. The Kier molecular flexibility index (Phi) is 6.92. The number of nitrogens with zero attached hydrogens (tertiary/aromatic N) is 1. The third kappa shape index (κ3) is 4.83. The fourth-order valence-corrected chi connectivity index (χ4v) is 3.68. The number of nitrogens with one attached hydrogen (secondary N) is 2. The third-order valence-electron chi connectivity index (χ3n) is 4.63. The molecule has 3 aromatic rings. The first-order valence-electron chi connectivity index (χ1n) is 9.37. The number of benzene rings is 2. The molecule has 1 amide bonds. The summed E-state index contributed by atoms with van der Waals surface area (Å²) in [5, 5.41) is 7.63. The molecule has 6 heteroatoms. The first-order valence-corrected chi connectivity index (χ1v) is 10.5. The maximum Gasteiger partial charge on any atom is 0.227 e. The number of hydrogen-bond donors (Lipinski definition) is 2. The van der Waals surface area contributed by atoms with Crippen LogP contribution < -0.4 is 10.6 Å². The molecule has 146 valence electrons. The van der Waals surface area contributed by atoms with Crippen LogP contribution in [0.5, 0.6) is 0 Å². The van der Waals surface area contributed by atoms with Gasteiger partial charge in [0.25, 0.3) is 0 Å². The van der Waals surface area contributed by atoms with Gasteiger partial charge in [-0.25, -0.2) is 4.98 Å². The number of fused-ring (bicyclic) bond motifs is 1. The smallest absolute Gasteiger partial charge is 0.227 e. The van der Waals surface area contributed by atoms with Gasteiger partial charge in [0.15, 0.2) is 5.15 Å². The quantitative estimate of drug-likeness (QED) is 0.389. The average molecular weight is 461 g/mol. The van der Waals surface area contributed by atoms with Crippen LogP contribution >= 0.6 is 27.5 Å². The summed E-state index contributed by atoms with van der Waals surface area (Å²) in [7, 11) is 0. The van der Waals surface area contributed by atoms with Crippen LogP contribution in [0, 0.1) is 5.92 Å². The van der Waals surface area contributed by atoms with Crippen LogP contribution in [-0.2, 0) is 11.3 Å². The van der Waals surface area contributed by atoms with E-state index in [1.807, 2.05) is 43.3 Å². The molecular formula is C22H23BrClN3O. The Morgan fingerprint density at radius 3 is 2.64 bits per heavy atom. The van der Waals surface area contributed by atoms with Gasteiger partial charge in [-0.05, 0) is 30.2 Å². The highest BCUT2D eigenvalue weighted by atomic mass is 79.9. The topological polar surface area (TPSA) is 54.0 Å². The van der Waals surface area contributed by atoms with Gasteiger partial charge in [-0.3, -0.25) is 4.79 Å². The fourth-order valence-electron chi connectivity index (χ4n) is 3.10. The predicted molar refractivity (Wildman–Crippen MR) is 121 cm³/mol. The standard InChI is InChI=1S/C22H23BrClN3O/c1-3-7-14(2)22(28)27-20-19(25-13-15-8-5-4-6-9-15)17-11-10-16(23)12-18(17)26-21(20)24/h4-6,8-12,14H,3,7,13H2,1-2H3,(H,25,26)(H,27,28). The summed E-state index contributed by atoms with van der Waals surface area (Å²) in [6.07, 6.45) is 1.77. The molecule has 0 fully saturated rings. The van der Waals surface area contributed by atoms with Gasteiger partial charge in [0.1, 0.15) is 5.69 Å². The highest BCUT2D eigenvalue weighted by Crippen LogP contribution is 2.37. The number of pyridine rings is 1. The van der Waals surface area contributed by atoms with Crippen molar-refractivity contribution in [2.45, 2.75) is 33.2 Å². The Labute approximate surface area is 178 Å². The highest BCUT2D eigenvalue weighted by molar-refractivity contribution is 9.10. The van der Waals surface area contributed by atoms with Crippen LogP contribution in [0.4, 0.5) is 11.4 Å². The average Bonchev–Trinajstić information content (AvgIpc) is 2.68. The normalized spacial score (nSPS) is 12.0. The summed E-state index contributed by atoms with van der Waals surface area (Å²) in [4.78, 5) is 17.1. The van der Waals surface area contributed by atoms with E-state index in [2.05, 4.69) is 50.6 Å². The molecule has 2 N–H and O–H groups in total. The van der Waals surface area contributed by atoms with Gasteiger partial charge in [-0.15, -0.1) is 0 Å². The Balaban J connectivity index is 2.01. The highest BCUT2D eigenvalue weighted by Gasteiger charge is 2.19. The zero-order valence-corrected chi connectivity index (χ0v) is 18.3. The molecule has 0 aliphatic rings. The molecule has 2 aromatic carbocycles. The number of aromatic nitrogens is 1. The van der Waals surface area contributed by atoms with Gasteiger partial charge in [-0.1, -0.05) is 78.1 Å². The Morgan fingerprint density at radius 1 is 1.18 bits per heavy atom. The van der Waals surface area contributed by atoms with Crippen molar-refractivity contribution in [3.05, 3.63) is 63.7 Å². The van der Waals surface area contributed by atoms with Crippen molar-refractivity contribution in [1.82, 2.24) is 4.98 Å². The molecule has 0 saturated carbocycles. The molecule has 0 bridgehead atoms. The van der Waals surface area contributed by atoms with E-state index in [0.717, 1.165) is 39.5 Å². The summed E-state index contributed by atoms with van der Waals surface area (Å²) in [6, 6.07) is 15.9. The lowest BCUT2D eigenvalue weighted by Gasteiger charge is -2.19. The van der Waals surface area contributed by atoms with Crippen molar-refractivity contribution in [2.24, 2.45) is 5.92 Å². The summed E-state index contributed by atoms with van der Waals surface area (Å²) in [5.41, 5.74) is 3.20. The van der Waals surface area contributed by atoms with Gasteiger partial charge in [0, 0.05) is 22.3 Å². The minimum absolute atomic E-state index is 0.0511. The lowest BCUT2D eigenvalue weighted by Crippen LogP contribution is -2.21. The molecule has 0 spiro atoms. The number of rotatable bonds is 7. The van der Waals surface area contributed by atoms with E-state index in [4.69, 9.17) is 11.6 Å². The summed E-state index contributed by atoms with van der Waals surface area (Å²) >= 11 is 9.97. The second kappa shape index (κ2) is 9.39. The molecule has 1 heterocycles. The monoisotopic (exact) mass is 459 g/mol. The Hall–Kier alpha value is -2.11. The van der Waals surface area contributed by atoms with Gasteiger partial charge in [0.05, 0.1) is 11.2 Å². The second-order valence-electron chi connectivity index (χ2n) is 6.83. The van der Waals surface area contributed by atoms with Crippen LogP contribution in [0.3, 0.4) is 0 Å². The molecule has 0 radical (unpaired) electrons. The summed E-state index contributed by atoms with van der Waals surface area (Å²) < 4.78 is 0.922. The van der Waals surface area contributed by atoms with Crippen molar-refractivity contribution in [2.75, 3.05) is 10.6 Å². The number of amides is 1. The third-order valence-corrected chi connectivity index (χ3v) is 5.40. The van der Waals surface area contributed by atoms with Crippen molar-refractivity contribution in [3.8, 4) is 0 Å². The molecule has 28 heavy (non-hydrogen) atoms. The van der Waals surface area contributed by atoms with Gasteiger partial charge in [-0.2, -0.15) is 0 Å². The van der Waals surface area contributed by atoms with E-state index in [9.17, 15) is 4.79 Å². The van der Waals surface area contributed by atoms with Gasteiger partial charge >= 0.3 is 0 Å². The van der Waals surface area contributed by atoms with E-state index in [1.54, 1.807) is 0 Å². The van der Waals surface area contributed by atoms with E-state index in [1.165, 1.54) is 0 Å². The van der Waals surface area contributed by atoms with E-state index in [-0.39, 0.29) is 17.0 Å². The SMILES string of the molecule is CCCC(C)C(=O)Nc1c(Cl)nc2cc(Br)ccc2c1NCc1ccccc1. The molecule has 1 unspecified atom stereocenters. The van der Waals surface area contributed by atoms with Gasteiger partial charge < -0.3 is 10.6 Å². The van der Waals surface area contributed by atoms with Crippen LogP contribution in [0.1, 0.15) is 32.3 Å². The summed E-state index contributed by atoms with van der Waals surface area (Å²) in [6.45, 7) is 4.61. The van der Waals surface area contributed by atoms with E-state index in [0.29, 0.717) is 12.2 Å². The first kappa shape index (κ1) is 20.6. The number of halogens is 2. The van der Waals surface area contributed by atoms with Crippen molar-refractivity contribution >= 4 is 55.7 Å². The molecule has 0 aliphatic heterocycles. The van der Waals surface area contributed by atoms with Crippen molar-refractivity contribution in [1.29, 1.82) is 0 Å². The minimum atomic E-state index is -0.0938. The molecule has 0 saturated heterocycles. The van der Waals surface area contributed by atoms with Crippen LogP contribution in [-0.4, -0.2) is 10.9 Å². The molecule has 4 nitrogen and oxygen atoms in total.